The van der Waals surface area contributed by atoms with Gasteiger partial charge in [-0.05, 0) is 104 Å². The second-order valence-electron chi connectivity index (χ2n) is 11.4. The van der Waals surface area contributed by atoms with Crippen LogP contribution in [0.5, 0.6) is 0 Å². The number of carbonyl (C=O) groups is 1. The Morgan fingerprint density at radius 3 is 2.39 bits per heavy atom. The minimum Gasteiger partial charge on any atom is -0.481 e. The molecule has 10 atom stereocenters. The van der Waals surface area contributed by atoms with Gasteiger partial charge in [-0.15, -0.1) is 0 Å². The van der Waals surface area contributed by atoms with Gasteiger partial charge in [-0.3, -0.25) is 4.79 Å². The summed E-state index contributed by atoms with van der Waals surface area (Å²) in [5, 5.41) is 30.5. The van der Waals surface area contributed by atoms with Crippen LogP contribution in [0.25, 0.3) is 0 Å². The first-order chi connectivity index (χ1) is 13.2. The first-order valence-electron chi connectivity index (χ1n) is 11.7. The highest BCUT2D eigenvalue weighted by Gasteiger charge is 2.62. The highest BCUT2D eigenvalue weighted by atomic mass is 16.4. The highest BCUT2D eigenvalue weighted by Crippen LogP contribution is 2.68. The molecule has 4 aliphatic carbocycles. The van der Waals surface area contributed by atoms with Crippen molar-refractivity contribution in [3.8, 4) is 0 Å². The Kier molecular flexibility index (Phi) is 5.36. The second-order valence-corrected chi connectivity index (χ2v) is 11.4. The molecule has 4 fully saturated rings. The van der Waals surface area contributed by atoms with Gasteiger partial charge < -0.3 is 15.3 Å². The fraction of sp³-hybridized carbons (Fsp3) is 0.958. The number of hydrogen-bond donors (Lipinski definition) is 3. The number of aliphatic carboxylic acids is 1. The van der Waals surface area contributed by atoms with Crippen molar-refractivity contribution >= 4 is 5.97 Å². The lowest BCUT2D eigenvalue weighted by Crippen LogP contribution is -2.58. The number of carboxylic acids is 1. The number of rotatable bonds is 4. The molecule has 0 spiro atoms. The van der Waals surface area contributed by atoms with Crippen molar-refractivity contribution in [3.05, 3.63) is 0 Å². The first-order valence-corrected chi connectivity index (χ1v) is 11.7. The third kappa shape index (κ3) is 3.14. The topological polar surface area (TPSA) is 77.8 Å². The van der Waals surface area contributed by atoms with Crippen molar-refractivity contribution in [2.45, 2.75) is 97.2 Å². The largest absolute Gasteiger partial charge is 0.481 e. The van der Waals surface area contributed by atoms with E-state index in [4.69, 9.17) is 5.11 Å². The number of carboxylic acid groups (broad SMARTS) is 1. The average Bonchev–Trinajstić information content (AvgIpc) is 2.98. The van der Waals surface area contributed by atoms with E-state index >= 15 is 0 Å². The molecule has 0 radical (unpaired) electrons. The number of aliphatic hydroxyl groups is 2. The van der Waals surface area contributed by atoms with E-state index in [1.807, 2.05) is 0 Å². The maximum Gasteiger partial charge on any atom is 0.303 e. The standard InChI is InChI=1S/C24H40O4/c1-14(4-7-21(27)28)17-5-6-18-22-19(9-11-24(17,18)3)23(2)10-8-16(25)12-15(23)13-20(22)26/h14-20,22,25-26H,4-13H2,1-3H3,(H,27,28)/t14-,15-,16+,17+,18-,19-,20-,22-,23+,24-/m1/s1. The number of aliphatic hydroxyl groups excluding tert-OH is 2. The third-order valence-corrected chi connectivity index (χ3v) is 10.2. The Hall–Kier alpha value is -0.610. The van der Waals surface area contributed by atoms with Crippen molar-refractivity contribution < 1.29 is 20.1 Å². The van der Waals surface area contributed by atoms with Crippen LogP contribution in [0.15, 0.2) is 0 Å². The number of fused-ring (bicyclic) bond motifs is 5. The van der Waals surface area contributed by atoms with Crippen LogP contribution in [0.3, 0.4) is 0 Å². The predicted octanol–water partition coefficient (Wildman–Crippen LogP) is 4.48. The molecule has 0 aromatic rings. The first kappa shape index (κ1) is 20.7. The lowest BCUT2D eigenvalue weighted by atomic mass is 9.43. The van der Waals surface area contributed by atoms with Crippen LogP contribution in [-0.2, 0) is 4.79 Å². The molecule has 4 aliphatic rings. The SMILES string of the molecule is C[C@H](CCC(=O)O)[C@@H]1CC[C@@H]2[C@H]3[C@H](O)C[C@H]4C[C@@H](O)CC[C@]4(C)[C@@H]3CC[C@@]21C. The van der Waals surface area contributed by atoms with E-state index < -0.39 is 5.97 Å². The summed E-state index contributed by atoms with van der Waals surface area (Å²) >= 11 is 0. The van der Waals surface area contributed by atoms with Gasteiger partial charge in [0.05, 0.1) is 12.2 Å². The Labute approximate surface area is 170 Å². The fourth-order valence-electron chi connectivity index (χ4n) is 8.73. The van der Waals surface area contributed by atoms with E-state index in [1.54, 1.807) is 0 Å². The molecule has 0 amide bonds. The van der Waals surface area contributed by atoms with Crippen LogP contribution in [0.4, 0.5) is 0 Å². The Morgan fingerprint density at radius 2 is 1.68 bits per heavy atom. The van der Waals surface area contributed by atoms with Crippen LogP contribution in [0.2, 0.25) is 0 Å². The van der Waals surface area contributed by atoms with E-state index in [2.05, 4.69) is 20.8 Å². The molecule has 4 saturated carbocycles. The molecule has 0 saturated heterocycles. The molecule has 4 heteroatoms. The average molecular weight is 393 g/mol. The summed E-state index contributed by atoms with van der Waals surface area (Å²) in [5.74, 6) is 2.36. The zero-order valence-corrected chi connectivity index (χ0v) is 17.9. The summed E-state index contributed by atoms with van der Waals surface area (Å²) in [7, 11) is 0. The van der Waals surface area contributed by atoms with Gasteiger partial charge in [-0.1, -0.05) is 20.8 Å². The van der Waals surface area contributed by atoms with Gasteiger partial charge >= 0.3 is 5.97 Å². The lowest BCUT2D eigenvalue weighted by Gasteiger charge is -2.62. The van der Waals surface area contributed by atoms with E-state index in [1.165, 1.54) is 25.7 Å². The molecule has 160 valence electrons. The number of hydrogen-bond acceptors (Lipinski definition) is 3. The van der Waals surface area contributed by atoms with Gasteiger partial charge in [-0.2, -0.15) is 0 Å². The zero-order valence-electron chi connectivity index (χ0n) is 17.9. The molecule has 0 heterocycles. The Morgan fingerprint density at radius 1 is 1.00 bits per heavy atom. The van der Waals surface area contributed by atoms with Crippen LogP contribution >= 0.6 is 0 Å². The third-order valence-electron chi connectivity index (χ3n) is 10.2. The van der Waals surface area contributed by atoms with Gasteiger partial charge in [0.2, 0.25) is 0 Å². The summed E-state index contributed by atoms with van der Waals surface area (Å²) in [6.45, 7) is 7.16. The molecular weight excluding hydrogens is 352 g/mol. The van der Waals surface area contributed by atoms with E-state index in [-0.39, 0.29) is 29.5 Å². The van der Waals surface area contributed by atoms with Crippen LogP contribution in [-0.4, -0.2) is 33.5 Å². The molecule has 0 aliphatic heterocycles. The van der Waals surface area contributed by atoms with Crippen molar-refractivity contribution in [3.63, 3.8) is 0 Å². The highest BCUT2D eigenvalue weighted by molar-refractivity contribution is 5.66. The van der Waals surface area contributed by atoms with Gasteiger partial charge in [0.1, 0.15) is 0 Å². The minimum atomic E-state index is -0.684. The van der Waals surface area contributed by atoms with E-state index in [9.17, 15) is 15.0 Å². The maximum absolute atomic E-state index is 11.2. The van der Waals surface area contributed by atoms with Crippen molar-refractivity contribution in [1.29, 1.82) is 0 Å². The summed E-state index contributed by atoms with van der Waals surface area (Å²) in [4.78, 5) is 11.1. The van der Waals surface area contributed by atoms with Crippen LogP contribution < -0.4 is 0 Å². The Bertz CT molecular complexity index is 605. The van der Waals surface area contributed by atoms with Crippen molar-refractivity contribution in [2.75, 3.05) is 0 Å². The van der Waals surface area contributed by atoms with Crippen LogP contribution in [0.1, 0.15) is 85.0 Å². The second kappa shape index (κ2) is 7.27. The maximum atomic E-state index is 11.2. The van der Waals surface area contributed by atoms with Crippen molar-refractivity contribution in [1.82, 2.24) is 0 Å². The summed E-state index contributed by atoms with van der Waals surface area (Å²) < 4.78 is 0. The van der Waals surface area contributed by atoms with Gasteiger partial charge in [-0.25, -0.2) is 0 Å². The molecule has 4 nitrogen and oxygen atoms in total. The summed E-state index contributed by atoms with van der Waals surface area (Å²) in [6.07, 6.45) is 9.19. The molecule has 28 heavy (non-hydrogen) atoms. The zero-order chi connectivity index (χ0) is 20.3. The molecule has 0 aromatic carbocycles. The monoisotopic (exact) mass is 392 g/mol. The normalized spacial score (nSPS) is 51.7. The molecular formula is C24H40O4. The van der Waals surface area contributed by atoms with Gasteiger partial charge in [0.15, 0.2) is 0 Å². The fourth-order valence-corrected chi connectivity index (χ4v) is 8.73. The van der Waals surface area contributed by atoms with E-state index in [0.29, 0.717) is 35.5 Å². The Balaban J connectivity index is 1.55. The summed E-state index contributed by atoms with van der Waals surface area (Å²) in [5.41, 5.74) is 0.523. The molecule has 3 N–H and O–H groups in total. The van der Waals surface area contributed by atoms with E-state index in [0.717, 1.165) is 32.1 Å². The molecule has 4 rings (SSSR count). The van der Waals surface area contributed by atoms with Gasteiger partial charge in [0, 0.05) is 6.42 Å². The minimum absolute atomic E-state index is 0.179. The quantitative estimate of drug-likeness (QED) is 0.659. The molecule has 0 aromatic heterocycles. The molecule has 0 bridgehead atoms. The van der Waals surface area contributed by atoms with Gasteiger partial charge in [0.25, 0.3) is 0 Å². The molecule has 0 unspecified atom stereocenters. The smallest absolute Gasteiger partial charge is 0.303 e. The lowest BCUT2D eigenvalue weighted by molar-refractivity contribution is -0.174. The van der Waals surface area contributed by atoms with Crippen molar-refractivity contribution in [2.24, 2.45) is 46.3 Å². The predicted molar refractivity (Wildman–Crippen MR) is 109 cm³/mol. The van der Waals surface area contributed by atoms with Crippen LogP contribution in [0, 0.1) is 46.3 Å². The summed E-state index contributed by atoms with van der Waals surface area (Å²) in [6, 6.07) is 0.